The van der Waals surface area contributed by atoms with Gasteiger partial charge in [0.05, 0.1) is 6.61 Å². The number of nitrogens with one attached hydrogen (secondary N) is 2. The first-order valence-electron chi connectivity index (χ1n) is 7.14. The van der Waals surface area contributed by atoms with E-state index in [0.29, 0.717) is 31.4 Å². The number of ether oxygens (including phenoxy) is 1. The Bertz CT molecular complexity index is 412. The predicted molar refractivity (Wildman–Crippen MR) is 78.8 cm³/mol. The van der Waals surface area contributed by atoms with Crippen molar-refractivity contribution in [1.29, 1.82) is 0 Å². The maximum Gasteiger partial charge on any atom is 0.225 e. The standard InChI is InChI=1S/C14H24N4O2/c1-4-10-20-13-7-9-16-14(18-13)15-8-6-12(19)17-11(3)5-2/h7,9,11H,4-6,8,10H2,1-3H3,(H,17,19)(H,15,16,18). The Morgan fingerprint density at radius 3 is 2.95 bits per heavy atom. The molecule has 0 aromatic carbocycles. The second-order valence-corrected chi connectivity index (χ2v) is 4.62. The zero-order valence-electron chi connectivity index (χ0n) is 12.5. The minimum atomic E-state index is 0.0326. The van der Waals surface area contributed by atoms with Crippen LogP contribution >= 0.6 is 0 Å². The van der Waals surface area contributed by atoms with Crippen LogP contribution in [0.4, 0.5) is 5.95 Å². The van der Waals surface area contributed by atoms with E-state index in [1.165, 1.54) is 0 Å². The molecule has 0 fully saturated rings. The number of nitrogens with zero attached hydrogens (tertiary/aromatic N) is 2. The quantitative estimate of drug-likeness (QED) is 0.723. The number of hydrogen-bond acceptors (Lipinski definition) is 5. The molecule has 1 aromatic heterocycles. The van der Waals surface area contributed by atoms with Gasteiger partial charge >= 0.3 is 0 Å². The second-order valence-electron chi connectivity index (χ2n) is 4.62. The van der Waals surface area contributed by atoms with Gasteiger partial charge in [0.25, 0.3) is 0 Å². The first kappa shape index (κ1) is 16.2. The molecule has 1 rings (SSSR count). The van der Waals surface area contributed by atoms with Crippen LogP contribution in [0.2, 0.25) is 0 Å². The number of carbonyl (C=O) groups is 1. The van der Waals surface area contributed by atoms with Crippen LogP contribution in [0.15, 0.2) is 12.3 Å². The first-order valence-corrected chi connectivity index (χ1v) is 7.14. The van der Waals surface area contributed by atoms with Crippen molar-refractivity contribution in [3.05, 3.63) is 12.3 Å². The van der Waals surface area contributed by atoms with Crippen molar-refractivity contribution < 1.29 is 9.53 Å². The summed E-state index contributed by atoms with van der Waals surface area (Å²) >= 11 is 0. The van der Waals surface area contributed by atoms with E-state index < -0.39 is 0 Å². The fourth-order valence-corrected chi connectivity index (χ4v) is 1.45. The molecule has 0 radical (unpaired) electrons. The van der Waals surface area contributed by atoms with E-state index in [2.05, 4.69) is 20.6 Å². The molecular weight excluding hydrogens is 256 g/mol. The number of aromatic nitrogens is 2. The third kappa shape index (κ3) is 6.36. The van der Waals surface area contributed by atoms with Gasteiger partial charge in [0, 0.05) is 31.3 Å². The highest BCUT2D eigenvalue weighted by atomic mass is 16.5. The minimum absolute atomic E-state index is 0.0326. The molecule has 1 heterocycles. The molecule has 0 saturated carbocycles. The molecule has 0 bridgehead atoms. The smallest absolute Gasteiger partial charge is 0.225 e. The maximum atomic E-state index is 11.6. The average Bonchev–Trinajstić information content (AvgIpc) is 2.45. The summed E-state index contributed by atoms with van der Waals surface area (Å²) in [5, 5.41) is 5.93. The molecule has 112 valence electrons. The van der Waals surface area contributed by atoms with Crippen molar-refractivity contribution in [1.82, 2.24) is 15.3 Å². The summed E-state index contributed by atoms with van der Waals surface area (Å²) in [6, 6.07) is 1.93. The Hall–Kier alpha value is -1.85. The van der Waals surface area contributed by atoms with Crippen LogP contribution in [0.1, 0.15) is 40.0 Å². The number of rotatable bonds is 9. The fourth-order valence-electron chi connectivity index (χ4n) is 1.45. The topological polar surface area (TPSA) is 76.1 Å². The van der Waals surface area contributed by atoms with Gasteiger partial charge in [-0.15, -0.1) is 0 Å². The Morgan fingerprint density at radius 1 is 1.45 bits per heavy atom. The lowest BCUT2D eigenvalue weighted by Gasteiger charge is -2.11. The molecule has 6 nitrogen and oxygen atoms in total. The van der Waals surface area contributed by atoms with E-state index in [1.54, 1.807) is 12.3 Å². The van der Waals surface area contributed by atoms with Crippen LogP contribution in [0, 0.1) is 0 Å². The fraction of sp³-hybridized carbons (Fsp3) is 0.643. The first-order chi connectivity index (χ1) is 9.65. The molecule has 0 aliphatic heterocycles. The second kappa shape index (κ2) is 9.12. The van der Waals surface area contributed by atoms with Crippen LogP contribution in [0.3, 0.4) is 0 Å². The normalized spacial score (nSPS) is 11.8. The lowest BCUT2D eigenvalue weighted by atomic mass is 10.2. The highest BCUT2D eigenvalue weighted by molar-refractivity contribution is 5.76. The Kier molecular flexibility index (Phi) is 7.39. The van der Waals surface area contributed by atoms with Gasteiger partial charge < -0.3 is 15.4 Å². The van der Waals surface area contributed by atoms with Crippen LogP contribution in [-0.2, 0) is 4.79 Å². The van der Waals surface area contributed by atoms with E-state index >= 15 is 0 Å². The van der Waals surface area contributed by atoms with Crippen LogP contribution in [0.5, 0.6) is 5.88 Å². The molecule has 6 heteroatoms. The molecule has 1 aromatic rings. The van der Waals surface area contributed by atoms with Crippen LogP contribution in [-0.4, -0.2) is 35.1 Å². The van der Waals surface area contributed by atoms with E-state index in [-0.39, 0.29) is 11.9 Å². The van der Waals surface area contributed by atoms with Crippen molar-refractivity contribution in [2.75, 3.05) is 18.5 Å². The Balaban J connectivity index is 2.32. The van der Waals surface area contributed by atoms with Gasteiger partial charge in [0.15, 0.2) is 0 Å². The highest BCUT2D eigenvalue weighted by Crippen LogP contribution is 2.08. The summed E-state index contributed by atoms with van der Waals surface area (Å²) in [4.78, 5) is 19.9. The summed E-state index contributed by atoms with van der Waals surface area (Å²) in [7, 11) is 0. The lowest BCUT2D eigenvalue weighted by Crippen LogP contribution is -2.33. The van der Waals surface area contributed by atoms with E-state index in [4.69, 9.17) is 4.74 Å². The lowest BCUT2D eigenvalue weighted by molar-refractivity contribution is -0.121. The average molecular weight is 280 g/mol. The zero-order chi connectivity index (χ0) is 14.8. The van der Waals surface area contributed by atoms with Crippen molar-refractivity contribution in [3.8, 4) is 5.88 Å². The third-order valence-corrected chi connectivity index (χ3v) is 2.74. The summed E-state index contributed by atoms with van der Waals surface area (Å²) in [5.74, 6) is 1.06. The molecule has 0 saturated heterocycles. The molecule has 2 N–H and O–H groups in total. The Labute approximate surface area is 120 Å². The van der Waals surface area contributed by atoms with Gasteiger partial charge in [-0.1, -0.05) is 13.8 Å². The van der Waals surface area contributed by atoms with Crippen LogP contribution in [0.25, 0.3) is 0 Å². The summed E-state index contributed by atoms with van der Waals surface area (Å²) in [6.45, 7) is 7.20. The van der Waals surface area contributed by atoms with Gasteiger partial charge in [-0.2, -0.15) is 4.98 Å². The van der Waals surface area contributed by atoms with E-state index in [1.807, 2.05) is 20.8 Å². The summed E-state index contributed by atoms with van der Waals surface area (Å²) in [5.41, 5.74) is 0. The monoisotopic (exact) mass is 280 g/mol. The third-order valence-electron chi connectivity index (χ3n) is 2.74. The zero-order valence-corrected chi connectivity index (χ0v) is 12.5. The van der Waals surface area contributed by atoms with E-state index in [9.17, 15) is 4.79 Å². The number of hydrogen-bond donors (Lipinski definition) is 2. The Morgan fingerprint density at radius 2 is 2.25 bits per heavy atom. The van der Waals surface area contributed by atoms with Gasteiger partial charge in [-0.25, -0.2) is 4.98 Å². The van der Waals surface area contributed by atoms with Crippen molar-refractivity contribution in [2.24, 2.45) is 0 Å². The van der Waals surface area contributed by atoms with Crippen molar-refractivity contribution >= 4 is 11.9 Å². The highest BCUT2D eigenvalue weighted by Gasteiger charge is 2.05. The number of amides is 1. The maximum absolute atomic E-state index is 11.6. The predicted octanol–water partition coefficient (Wildman–Crippen LogP) is 1.98. The molecule has 0 aliphatic carbocycles. The minimum Gasteiger partial charge on any atom is -0.478 e. The van der Waals surface area contributed by atoms with Gasteiger partial charge in [-0.3, -0.25) is 4.79 Å². The number of anilines is 1. The summed E-state index contributed by atoms with van der Waals surface area (Å²) in [6.07, 6.45) is 3.90. The van der Waals surface area contributed by atoms with E-state index in [0.717, 1.165) is 12.8 Å². The summed E-state index contributed by atoms with van der Waals surface area (Å²) < 4.78 is 5.42. The van der Waals surface area contributed by atoms with Gasteiger partial charge in [0.1, 0.15) is 0 Å². The van der Waals surface area contributed by atoms with Gasteiger partial charge in [-0.05, 0) is 19.8 Å². The SMILES string of the molecule is CCCOc1ccnc(NCCC(=O)NC(C)CC)n1. The largest absolute Gasteiger partial charge is 0.478 e. The molecular formula is C14H24N4O2. The molecule has 1 atom stereocenters. The van der Waals surface area contributed by atoms with Crippen LogP contribution < -0.4 is 15.4 Å². The molecule has 20 heavy (non-hydrogen) atoms. The molecule has 1 amide bonds. The molecule has 1 unspecified atom stereocenters. The number of carbonyl (C=O) groups excluding carboxylic acids is 1. The molecule has 0 spiro atoms. The van der Waals surface area contributed by atoms with Gasteiger partial charge in [0.2, 0.25) is 17.7 Å². The van der Waals surface area contributed by atoms with Crippen molar-refractivity contribution in [2.45, 2.75) is 46.1 Å². The molecule has 0 aliphatic rings. The van der Waals surface area contributed by atoms with Crippen molar-refractivity contribution in [3.63, 3.8) is 0 Å².